The molecule has 1 aromatic heterocycles. The van der Waals surface area contributed by atoms with E-state index in [1.165, 1.54) is 41.1 Å². The number of halogens is 1. The van der Waals surface area contributed by atoms with Gasteiger partial charge in [0.2, 0.25) is 0 Å². The summed E-state index contributed by atoms with van der Waals surface area (Å²) in [5, 5.41) is 10.3. The second kappa shape index (κ2) is 9.16. The van der Waals surface area contributed by atoms with Crippen LogP contribution in [-0.4, -0.2) is 25.4 Å². The van der Waals surface area contributed by atoms with Crippen molar-refractivity contribution in [3.63, 3.8) is 0 Å². The molecule has 0 saturated carbocycles. The Balaban J connectivity index is 1.67. The van der Waals surface area contributed by atoms with Crippen molar-refractivity contribution in [2.45, 2.75) is 6.92 Å². The summed E-state index contributed by atoms with van der Waals surface area (Å²) in [5.41, 5.74) is 1.05. The summed E-state index contributed by atoms with van der Waals surface area (Å²) in [7, 11) is 1.67. The van der Waals surface area contributed by atoms with E-state index in [1.807, 2.05) is 6.07 Å². The van der Waals surface area contributed by atoms with Crippen molar-refractivity contribution in [1.29, 1.82) is 0 Å². The number of non-ortho nitro benzene ring substituents is 1. The van der Waals surface area contributed by atoms with Gasteiger partial charge in [0.1, 0.15) is 5.69 Å². The number of para-hydroxylation sites is 1. The molecular formula is C23H17ClN4O5S. The first-order valence-corrected chi connectivity index (χ1v) is 11.1. The fraction of sp³-hybridized carbons (Fsp3) is 0.0870. The molecule has 4 rings (SSSR count). The minimum Gasteiger partial charge on any atom is -0.283 e. The number of carbonyl (C=O) groups is 2. The quantitative estimate of drug-likeness (QED) is 0.286. The van der Waals surface area contributed by atoms with Crippen LogP contribution in [0.2, 0.25) is 0 Å². The average molecular weight is 497 g/mol. The van der Waals surface area contributed by atoms with Gasteiger partial charge in [0.25, 0.3) is 22.4 Å². The maximum Gasteiger partial charge on any atom is 0.298 e. The minimum atomic E-state index is -0.656. The SMILES string of the molecule is Cc1c(N2C(=O)SC(=CC(Cl)=Cc3ccc([N+](=O)[O-])cc3)C2=O)c(=O)n(-c2ccccc2)n1C. The van der Waals surface area contributed by atoms with Crippen LogP contribution in [0.3, 0.4) is 0 Å². The average Bonchev–Trinajstić information content (AvgIpc) is 3.19. The number of thioether (sulfide) groups is 1. The van der Waals surface area contributed by atoms with Gasteiger partial charge in [-0.2, -0.15) is 0 Å². The number of anilines is 1. The van der Waals surface area contributed by atoms with Gasteiger partial charge in [-0.05, 0) is 60.7 Å². The largest absolute Gasteiger partial charge is 0.298 e. The van der Waals surface area contributed by atoms with E-state index in [-0.39, 0.29) is 21.3 Å². The number of aromatic nitrogens is 2. The third-order valence-electron chi connectivity index (χ3n) is 5.22. The third kappa shape index (κ3) is 4.20. The van der Waals surface area contributed by atoms with Gasteiger partial charge in [0.15, 0.2) is 0 Å². The van der Waals surface area contributed by atoms with Crippen LogP contribution >= 0.6 is 23.4 Å². The van der Waals surface area contributed by atoms with Gasteiger partial charge in [-0.15, -0.1) is 0 Å². The lowest BCUT2D eigenvalue weighted by Gasteiger charge is -2.10. The molecule has 0 spiro atoms. The Hall–Kier alpha value is -3.89. The van der Waals surface area contributed by atoms with E-state index in [0.29, 0.717) is 28.7 Å². The molecule has 0 unspecified atom stereocenters. The van der Waals surface area contributed by atoms with Crippen molar-refractivity contribution in [3.05, 3.63) is 102 Å². The third-order valence-corrected chi connectivity index (χ3v) is 6.31. The fourth-order valence-corrected chi connectivity index (χ4v) is 4.61. The second-order valence-electron chi connectivity index (χ2n) is 7.31. The van der Waals surface area contributed by atoms with E-state index in [1.54, 1.807) is 42.9 Å². The molecular weight excluding hydrogens is 480 g/mol. The molecule has 9 nitrogen and oxygen atoms in total. The Labute approximate surface area is 202 Å². The van der Waals surface area contributed by atoms with Gasteiger partial charge in [-0.3, -0.25) is 29.2 Å². The number of hydrogen-bond acceptors (Lipinski definition) is 6. The maximum atomic E-state index is 13.2. The summed E-state index contributed by atoms with van der Waals surface area (Å²) in [6.07, 6.45) is 2.84. The van der Waals surface area contributed by atoms with Crippen LogP contribution in [0.4, 0.5) is 16.2 Å². The number of amides is 2. The van der Waals surface area contributed by atoms with Crippen LogP contribution in [-0.2, 0) is 11.8 Å². The van der Waals surface area contributed by atoms with Gasteiger partial charge < -0.3 is 0 Å². The predicted octanol–water partition coefficient (Wildman–Crippen LogP) is 4.76. The van der Waals surface area contributed by atoms with Gasteiger partial charge in [0, 0.05) is 24.2 Å². The number of hydrogen-bond donors (Lipinski definition) is 0. The number of imide groups is 1. The summed E-state index contributed by atoms with van der Waals surface area (Å²) >= 11 is 6.94. The van der Waals surface area contributed by atoms with Crippen LogP contribution in [0.1, 0.15) is 11.3 Å². The topological polar surface area (TPSA) is 107 Å². The van der Waals surface area contributed by atoms with E-state index < -0.39 is 21.6 Å². The number of benzene rings is 2. The number of nitro benzene ring substituents is 1. The molecule has 2 amide bonds. The maximum absolute atomic E-state index is 13.2. The molecule has 0 N–H and O–H groups in total. The van der Waals surface area contributed by atoms with Crippen LogP contribution in [0.15, 0.2) is 75.4 Å². The van der Waals surface area contributed by atoms with Crippen molar-refractivity contribution < 1.29 is 14.5 Å². The van der Waals surface area contributed by atoms with Crippen LogP contribution < -0.4 is 10.5 Å². The second-order valence-corrected chi connectivity index (χ2v) is 8.73. The van der Waals surface area contributed by atoms with Crippen molar-refractivity contribution >= 4 is 52.0 Å². The molecule has 1 fully saturated rings. The van der Waals surface area contributed by atoms with Crippen molar-refractivity contribution in [2.75, 3.05) is 4.90 Å². The molecule has 0 atom stereocenters. The zero-order valence-corrected chi connectivity index (χ0v) is 19.5. The minimum absolute atomic E-state index is 0.0206. The first-order chi connectivity index (χ1) is 16.2. The van der Waals surface area contributed by atoms with Crippen LogP contribution in [0, 0.1) is 17.0 Å². The summed E-state index contributed by atoms with van der Waals surface area (Å²) in [5.74, 6) is -0.656. The fourth-order valence-electron chi connectivity index (χ4n) is 3.49. The number of nitro groups is 1. The molecule has 1 aliphatic heterocycles. The van der Waals surface area contributed by atoms with Gasteiger partial charge in [-0.1, -0.05) is 29.8 Å². The zero-order chi connectivity index (χ0) is 24.6. The number of carbonyl (C=O) groups excluding carboxylic acids is 2. The Morgan fingerprint density at radius 3 is 2.32 bits per heavy atom. The van der Waals surface area contributed by atoms with Gasteiger partial charge in [0.05, 0.1) is 21.2 Å². The molecule has 2 heterocycles. The van der Waals surface area contributed by atoms with E-state index >= 15 is 0 Å². The van der Waals surface area contributed by atoms with Gasteiger partial charge in [-0.25, -0.2) is 9.58 Å². The molecule has 34 heavy (non-hydrogen) atoms. The molecule has 0 bridgehead atoms. The lowest BCUT2D eigenvalue weighted by Crippen LogP contribution is -2.33. The zero-order valence-electron chi connectivity index (χ0n) is 18.0. The summed E-state index contributed by atoms with van der Waals surface area (Å²) in [6.45, 7) is 1.66. The van der Waals surface area contributed by atoms with Crippen molar-refractivity contribution in [3.8, 4) is 5.69 Å². The van der Waals surface area contributed by atoms with E-state index in [9.17, 15) is 24.5 Å². The van der Waals surface area contributed by atoms with Crippen molar-refractivity contribution in [2.24, 2.45) is 7.05 Å². The monoisotopic (exact) mass is 496 g/mol. The van der Waals surface area contributed by atoms with Gasteiger partial charge >= 0.3 is 0 Å². The summed E-state index contributed by atoms with van der Waals surface area (Å²) in [4.78, 5) is 50.2. The highest BCUT2D eigenvalue weighted by molar-refractivity contribution is 8.18. The molecule has 2 aromatic carbocycles. The molecule has 11 heteroatoms. The van der Waals surface area contributed by atoms with Crippen molar-refractivity contribution in [1.82, 2.24) is 9.36 Å². The predicted molar refractivity (Wildman–Crippen MR) is 131 cm³/mol. The highest BCUT2D eigenvalue weighted by atomic mass is 35.5. The summed E-state index contributed by atoms with van der Waals surface area (Å²) < 4.78 is 2.97. The van der Waals surface area contributed by atoms with E-state index in [2.05, 4.69) is 0 Å². The molecule has 172 valence electrons. The highest BCUT2D eigenvalue weighted by Crippen LogP contribution is 2.36. The normalized spacial score (nSPS) is 15.4. The van der Waals surface area contributed by atoms with Crippen LogP contribution in [0.25, 0.3) is 11.8 Å². The molecule has 0 aliphatic carbocycles. The molecule has 1 aliphatic rings. The Morgan fingerprint density at radius 1 is 1.06 bits per heavy atom. The van der Waals surface area contributed by atoms with E-state index in [0.717, 1.165) is 4.90 Å². The number of rotatable bonds is 5. The Kier molecular flexibility index (Phi) is 6.27. The first-order valence-electron chi connectivity index (χ1n) is 9.92. The lowest BCUT2D eigenvalue weighted by atomic mass is 10.2. The highest BCUT2D eigenvalue weighted by Gasteiger charge is 2.40. The molecule has 3 aromatic rings. The Bertz CT molecular complexity index is 1440. The summed E-state index contributed by atoms with van der Waals surface area (Å²) in [6, 6.07) is 14.6. The smallest absolute Gasteiger partial charge is 0.283 e. The lowest BCUT2D eigenvalue weighted by molar-refractivity contribution is -0.384. The van der Waals surface area contributed by atoms with Crippen LogP contribution in [0.5, 0.6) is 0 Å². The number of nitrogens with zero attached hydrogens (tertiary/aromatic N) is 4. The molecule has 1 saturated heterocycles. The molecule has 0 radical (unpaired) electrons. The standard InChI is InChI=1S/C23H17ClN4O5S/c1-14-20(22(30)27(25(14)2)17-6-4-3-5-7-17)26-21(29)19(34-23(26)31)13-16(24)12-15-8-10-18(11-9-15)28(32)33/h3-13H,1-2H3. The number of allylic oxidation sites excluding steroid dienone is 2. The Morgan fingerprint density at radius 2 is 1.71 bits per heavy atom. The van der Waals surface area contributed by atoms with E-state index in [4.69, 9.17) is 11.6 Å². The first kappa shape index (κ1) is 23.3.